The Kier molecular flexibility index (Phi) is 8.02. The summed E-state index contributed by atoms with van der Waals surface area (Å²) in [6, 6.07) is 13.9. The zero-order valence-corrected chi connectivity index (χ0v) is 20.0. The third-order valence-electron chi connectivity index (χ3n) is 4.66. The van der Waals surface area contributed by atoms with Crippen LogP contribution in [-0.2, 0) is 6.61 Å². The molecule has 0 radical (unpaired) electrons. The van der Waals surface area contributed by atoms with Gasteiger partial charge in [-0.15, -0.1) is 0 Å². The minimum absolute atomic E-state index is 0.252. The van der Waals surface area contributed by atoms with Crippen molar-refractivity contribution < 1.29 is 14.3 Å². The van der Waals surface area contributed by atoms with Crippen LogP contribution in [0.3, 0.4) is 0 Å². The van der Waals surface area contributed by atoms with E-state index in [1.807, 2.05) is 44.2 Å². The third-order valence-corrected chi connectivity index (χ3v) is 5.81. The lowest BCUT2D eigenvalue weighted by atomic mass is 10.1. The Bertz CT molecular complexity index is 1160. The highest BCUT2D eigenvalue weighted by atomic mass is 35.5. The Morgan fingerprint density at radius 3 is 2.41 bits per heavy atom. The van der Waals surface area contributed by atoms with Crippen LogP contribution in [0, 0.1) is 13.8 Å². The Balaban J connectivity index is 1.70. The fraction of sp³-hybridized carbons (Fsp3) is 0.167. The van der Waals surface area contributed by atoms with Gasteiger partial charge < -0.3 is 9.47 Å². The van der Waals surface area contributed by atoms with E-state index in [0.29, 0.717) is 10.8 Å². The highest BCUT2D eigenvalue weighted by molar-refractivity contribution is 6.36. The number of rotatable bonds is 7. The molecule has 0 saturated carbocycles. The fourth-order valence-electron chi connectivity index (χ4n) is 3.04. The van der Waals surface area contributed by atoms with Crippen molar-refractivity contribution in [3.8, 4) is 11.5 Å². The smallest absolute Gasteiger partial charge is 0.272 e. The second-order valence-electron chi connectivity index (χ2n) is 7.05. The number of halogens is 3. The lowest BCUT2D eigenvalue weighted by Crippen LogP contribution is -2.18. The molecule has 166 valence electrons. The molecule has 3 aromatic rings. The number of nitrogens with one attached hydrogen (secondary N) is 1. The molecule has 0 aliphatic heterocycles. The molecule has 3 rings (SSSR count). The van der Waals surface area contributed by atoms with E-state index in [2.05, 4.69) is 10.5 Å². The van der Waals surface area contributed by atoms with Crippen molar-refractivity contribution in [3.05, 3.63) is 91.4 Å². The maximum atomic E-state index is 12.3. The van der Waals surface area contributed by atoms with Gasteiger partial charge in [0.05, 0.1) is 23.9 Å². The molecule has 0 atom stereocenters. The van der Waals surface area contributed by atoms with E-state index < -0.39 is 5.91 Å². The van der Waals surface area contributed by atoms with Gasteiger partial charge in [0.15, 0.2) is 0 Å². The molecule has 1 amide bonds. The Hall–Kier alpha value is -2.73. The number of ether oxygens (including phenoxy) is 2. The summed E-state index contributed by atoms with van der Waals surface area (Å²) in [5.74, 6) is 0.965. The fourth-order valence-corrected chi connectivity index (χ4v) is 3.64. The number of carbonyl (C=O) groups excluding carboxylic acids is 1. The average Bonchev–Trinajstić information content (AvgIpc) is 2.76. The number of amides is 1. The monoisotopic (exact) mass is 490 g/mol. The number of benzene rings is 3. The molecule has 0 unspecified atom stereocenters. The average molecular weight is 492 g/mol. The summed E-state index contributed by atoms with van der Waals surface area (Å²) in [4.78, 5) is 12.3. The van der Waals surface area contributed by atoms with Crippen LogP contribution in [0.2, 0.25) is 15.1 Å². The van der Waals surface area contributed by atoms with Crippen molar-refractivity contribution in [2.24, 2.45) is 5.10 Å². The third kappa shape index (κ3) is 5.94. The molecular weight excluding hydrogens is 471 g/mol. The molecule has 32 heavy (non-hydrogen) atoms. The van der Waals surface area contributed by atoms with Crippen molar-refractivity contribution in [2.45, 2.75) is 20.5 Å². The predicted molar refractivity (Wildman–Crippen MR) is 130 cm³/mol. The first-order chi connectivity index (χ1) is 15.3. The van der Waals surface area contributed by atoms with E-state index in [4.69, 9.17) is 44.3 Å². The molecule has 8 heteroatoms. The maximum Gasteiger partial charge on any atom is 0.272 e. The summed E-state index contributed by atoms with van der Waals surface area (Å²) < 4.78 is 11.4. The van der Waals surface area contributed by atoms with Crippen LogP contribution in [0.25, 0.3) is 0 Å². The van der Waals surface area contributed by atoms with Gasteiger partial charge in [-0.25, -0.2) is 5.43 Å². The highest BCUT2D eigenvalue weighted by Crippen LogP contribution is 2.28. The molecule has 5 nitrogen and oxygen atoms in total. The van der Waals surface area contributed by atoms with Crippen LogP contribution in [0.5, 0.6) is 11.5 Å². The van der Waals surface area contributed by atoms with E-state index in [1.54, 1.807) is 19.2 Å². The van der Waals surface area contributed by atoms with Crippen molar-refractivity contribution in [1.29, 1.82) is 0 Å². The van der Waals surface area contributed by atoms with Gasteiger partial charge >= 0.3 is 0 Å². The molecular formula is C24H21Cl3N2O3. The van der Waals surface area contributed by atoms with Crippen molar-refractivity contribution >= 4 is 46.9 Å². The quantitative estimate of drug-likeness (QED) is 0.299. The lowest BCUT2D eigenvalue weighted by Gasteiger charge is -2.13. The number of hydrogen-bond acceptors (Lipinski definition) is 4. The van der Waals surface area contributed by atoms with Crippen LogP contribution in [0.1, 0.15) is 32.6 Å². The van der Waals surface area contributed by atoms with Crippen molar-refractivity contribution in [2.75, 3.05) is 7.11 Å². The topological polar surface area (TPSA) is 59.9 Å². The SMILES string of the molecule is COc1ccc(C=NNC(=O)c2ccc(Cl)cc2Cl)cc1COc1cc(C)c(Cl)c(C)c1. The number of nitrogens with zero attached hydrogens (tertiary/aromatic N) is 1. The minimum Gasteiger partial charge on any atom is -0.496 e. The van der Waals surface area contributed by atoms with Crippen LogP contribution < -0.4 is 14.9 Å². The molecule has 0 spiro atoms. The zero-order chi connectivity index (χ0) is 23.3. The van der Waals surface area contributed by atoms with Crippen LogP contribution in [-0.4, -0.2) is 19.2 Å². The second kappa shape index (κ2) is 10.7. The maximum absolute atomic E-state index is 12.3. The normalized spacial score (nSPS) is 10.9. The lowest BCUT2D eigenvalue weighted by molar-refractivity contribution is 0.0955. The first kappa shape index (κ1) is 23.9. The van der Waals surface area contributed by atoms with Crippen LogP contribution >= 0.6 is 34.8 Å². The predicted octanol–water partition coefficient (Wildman–Crippen LogP) is 6.62. The summed E-state index contributed by atoms with van der Waals surface area (Å²) in [7, 11) is 1.60. The summed E-state index contributed by atoms with van der Waals surface area (Å²) >= 11 is 18.1. The first-order valence-electron chi connectivity index (χ1n) is 9.63. The summed E-state index contributed by atoms with van der Waals surface area (Å²) in [5, 5.41) is 5.45. The van der Waals surface area contributed by atoms with Gasteiger partial charge in [0, 0.05) is 15.6 Å². The molecule has 0 heterocycles. The van der Waals surface area contributed by atoms with Crippen molar-refractivity contribution in [1.82, 2.24) is 5.43 Å². The Labute approximate surface area is 201 Å². The van der Waals surface area contributed by atoms with Crippen LogP contribution in [0.4, 0.5) is 0 Å². The van der Waals surface area contributed by atoms with Gasteiger partial charge in [-0.05, 0) is 79.1 Å². The molecule has 1 N–H and O–H groups in total. The number of hydrazone groups is 1. The molecule has 0 aliphatic rings. The molecule has 0 aliphatic carbocycles. The molecule has 3 aromatic carbocycles. The standard InChI is InChI=1S/C24H21Cl3N2O3/c1-14-8-19(9-15(2)23(14)27)32-13-17-10-16(4-7-22(17)31-3)12-28-29-24(30)20-6-5-18(25)11-21(20)26/h4-12H,13H2,1-3H3,(H,29,30). The van der Waals surface area contributed by atoms with E-state index in [0.717, 1.165) is 33.0 Å². The van der Waals surface area contributed by atoms with Gasteiger partial charge in [0.25, 0.3) is 5.91 Å². The Morgan fingerprint density at radius 2 is 1.75 bits per heavy atom. The van der Waals surface area contributed by atoms with E-state index in [1.165, 1.54) is 12.3 Å². The van der Waals surface area contributed by atoms with Gasteiger partial charge in [-0.2, -0.15) is 5.10 Å². The largest absolute Gasteiger partial charge is 0.496 e. The van der Waals surface area contributed by atoms with Crippen LogP contribution in [0.15, 0.2) is 53.6 Å². The molecule has 0 bridgehead atoms. The zero-order valence-electron chi connectivity index (χ0n) is 17.7. The number of methoxy groups -OCH3 is 1. The number of carbonyl (C=O) groups is 1. The van der Waals surface area contributed by atoms with E-state index >= 15 is 0 Å². The Morgan fingerprint density at radius 1 is 1.03 bits per heavy atom. The highest BCUT2D eigenvalue weighted by Gasteiger charge is 2.10. The van der Waals surface area contributed by atoms with Gasteiger partial charge in [0.1, 0.15) is 18.1 Å². The molecule has 0 fully saturated rings. The van der Waals surface area contributed by atoms with Crippen molar-refractivity contribution in [3.63, 3.8) is 0 Å². The van der Waals surface area contributed by atoms with Gasteiger partial charge in [0.2, 0.25) is 0 Å². The molecule has 0 saturated heterocycles. The van der Waals surface area contributed by atoms with E-state index in [-0.39, 0.29) is 17.2 Å². The molecule has 0 aromatic heterocycles. The van der Waals surface area contributed by atoms with Gasteiger partial charge in [-0.1, -0.05) is 34.8 Å². The number of aryl methyl sites for hydroxylation is 2. The first-order valence-corrected chi connectivity index (χ1v) is 10.8. The minimum atomic E-state index is -0.437. The van der Waals surface area contributed by atoms with Gasteiger partial charge in [-0.3, -0.25) is 4.79 Å². The summed E-state index contributed by atoms with van der Waals surface area (Å²) in [6.07, 6.45) is 1.53. The summed E-state index contributed by atoms with van der Waals surface area (Å²) in [6.45, 7) is 4.16. The number of hydrogen-bond donors (Lipinski definition) is 1. The second-order valence-corrected chi connectivity index (χ2v) is 8.28. The summed E-state index contributed by atoms with van der Waals surface area (Å²) in [5.41, 5.74) is 6.23. The van der Waals surface area contributed by atoms with E-state index in [9.17, 15) is 4.79 Å².